The molecule has 0 heterocycles. The van der Waals surface area contributed by atoms with Gasteiger partial charge in [-0.15, -0.1) is 0 Å². The Morgan fingerprint density at radius 1 is 1.50 bits per heavy atom. The normalized spacial score (nSPS) is 31.9. The van der Waals surface area contributed by atoms with Crippen LogP contribution in [0.5, 0.6) is 0 Å². The van der Waals surface area contributed by atoms with Crippen LogP contribution in [-0.2, 0) is 4.74 Å². The van der Waals surface area contributed by atoms with Crippen LogP contribution in [0.3, 0.4) is 0 Å². The fraction of sp³-hybridized carbons (Fsp3) is 1.00. The first-order valence-corrected chi connectivity index (χ1v) is 5.62. The van der Waals surface area contributed by atoms with Crippen molar-refractivity contribution in [2.75, 3.05) is 27.2 Å². The van der Waals surface area contributed by atoms with E-state index in [4.69, 9.17) is 10.5 Å². The molecule has 0 atom stereocenters. The van der Waals surface area contributed by atoms with Crippen LogP contribution in [0.4, 0.5) is 0 Å². The fourth-order valence-corrected chi connectivity index (χ4v) is 2.22. The van der Waals surface area contributed by atoms with E-state index < -0.39 is 0 Å². The first-order chi connectivity index (χ1) is 6.68. The number of nitrogens with zero attached hydrogens (tertiary/aromatic N) is 1. The minimum atomic E-state index is 0.232. The third kappa shape index (κ3) is 2.27. The molecule has 14 heavy (non-hydrogen) atoms. The number of hydrogen-bond acceptors (Lipinski definition) is 3. The zero-order chi connectivity index (χ0) is 10.6. The SMILES string of the molecule is CCCCN(C)C1(CN)CC(OC)C1. The first-order valence-electron chi connectivity index (χ1n) is 5.62. The van der Waals surface area contributed by atoms with E-state index >= 15 is 0 Å². The predicted octanol–water partition coefficient (Wildman–Crippen LogP) is 1.22. The number of unbranched alkanes of at least 4 members (excludes halogenated alkanes) is 1. The minimum absolute atomic E-state index is 0.232. The van der Waals surface area contributed by atoms with Gasteiger partial charge >= 0.3 is 0 Å². The molecule has 1 aliphatic rings. The van der Waals surface area contributed by atoms with Crippen molar-refractivity contribution in [3.05, 3.63) is 0 Å². The molecule has 0 aromatic rings. The predicted molar refractivity (Wildman–Crippen MR) is 59.4 cm³/mol. The smallest absolute Gasteiger partial charge is 0.0607 e. The van der Waals surface area contributed by atoms with E-state index in [1.54, 1.807) is 7.11 Å². The highest BCUT2D eigenvalue weighted by Crippen LogP contribution is 2.38. The molecule has 0 saturated heterocycles. The van der Waals surface area contributed by atoms with Gasteiger partial charge in [0.05, 0.1) is 6.10 Å². The molecular formula is C11H24N2O. The lowest BCUT2D eigenvalue weighted by atomic mass is 9.73. The van der Waals surface area contributed by atoms with Crippen molar-refractivity contribution >= 4 is 0 Å². The molecule has 1 fully saturated rings. The fourth-order valence-electron chi connectivity index (χ4n) is 2.22. The van der Waals surface area contributed by atoms with Crippen LogP contribution in [0, 0.1) is 0 Å². The summed E-state index contributed by atoms with van der Waals surface area (Å²) >= 11 is 0. The molecule has 0 unspecified atom stereocenters. The van der Waals surface area contributed by atoms with E-state index in [2.05, 4.69) is 18.9 Å². The van der Waals surface area contributed by atoms with Gasteiger partial charge in [0.1, 0.15) is 0 Å². The van der Waals surface area contributed by atoms with E-state index in [-0.39, 0.29) is 5.54 Å². The Morgan fingerprint density at radius 2 is 2.14 bits per heavy atom. The second-order valence-electron chi connectivity index (χ2n) is 4.47. The maximum Gasteiger partial charge on any atom is 0.0607 e. The average molecular weight is 200 g/mol. The van der Waals surface area contributed by atoms with Crippen molar-refractivity contribution in [3.8, 4) is 0 Å². The summed E-state index contributed by atoms with van der Waals surface area (Å²) in [5.41, 5.74) is 6.09. The minimum Gasteiger partial charge on any atom is -0.381 e. The van der Waals surface area contributed by atoms with Gasteiger partial charge in [0.2, 0.25) is 0 Å². The molecule has 0 radical (unpaired) electrons. The van der Waals surface area contributed by atoms with Gasteiger partial charge in [-0.25, -0.2) is 0 Å². The summed E-state index contributed by atoms with van der Waals surface area (Å²) in [6.45, 7) is 4.14. The molecule has 84 valence electrons. The number of hydrogen-bond donors (Lipinski definition) is 1. The Balaban J connectivity index is 2.38. The zero-order valence-corrected chi connectivity index (χ0v) is 9.75. The van der Waals surface area contributed by atoms with Crippen molar-refractivity contribution in [1.82, 2.24) is 4.90 Å². The van der Waals surface area contributed by atoms with Crippen molar-refractivity contribution in [2.24, 2.45) is 5.73 Å². The van der Waals surface area contributed by atoms with Crippen LogP contribution in [0.25, 0.3) is 0 Å². The van der Waals surface area contributed by atoms with Gasteiger partial charge in [0.15, 0.2) is 0 Å². The molecule has 0 spiro atoms. The number of likely N-dealkylation sites (N-methyl/N-ethyl adjacent to an activating group) is 1. The summed E-state index contributed by atoms with van der Waals surface area (Å²) < 4.78 is 5.32. The molecule has 0 aromatic heterocycles. The van der Waals surface area contributed by atoms with Gasteiger partial charge in [-0.1, -0.05) is 13.3 Å². The summed E-state index contributed by atoms with van der Waals surface area (Å²) in [5, 5.41) is 0. The largest absolute Gasteiger partial charge is 0.381 e. The number of methoxy groups -OCH3 is 1. The van der Waals surface area contributed by atoms with Crippen LogP contribution >= 0.6 is 0 Å². The van der Waals surface area contributed by atoms with Gasteiger partial charge in [0.25, 0.3) is 0 Å². The lowest BCUT2D eigenvalue weighted by molar-refractivity contribution is -0.0784. The van der Waals surface area contributed by atoms with Gasteiger partial charge in [-0.2, -0.15) is 0 Å². The van der Waals surface area contributed by atoms with Gasteiger partial charge in [-0.3, -0.25) is 4.90 Å². The lowest BCUT2D eigenvalue weighted by Crippen LogP contribution is -2.62. The van der Waals surface area contributed by atoms with Crippen molar-refractivity contribution in [1.29, 1.82) is 0 Å². The Labute approximate surface area is 87.6 Å². The molecule has 1 rings (SSSR count). The van der Waals surface area contributed by atoms with Crippen LogP contribution in [0.15, 0.2) is 0 Å². The van der Waals surface area contributed by atoms with Crippen LogP contribution in [0.2, 0.25) is 0 Å². The van der Waals surface area contributed by atoms with Crippen LogP contribution in [-0.4, -0.2) is 43.8 Å². The second kappa shape index (κ2) is 5.10. The number of nitrogens with two attached hydrogens (primary N) is 1. The summed E-state index contributed by atoms with van der Waals surface area (Å²) in [6.07, 6.45) is 5.14. The molecule has 0 aromatic carbocycles. The molecule has 1 saturated carbocycles. The quantitative estimate of drug-likeness (QED) is 0.701. The molecule has 3 heteroatoms. The van der Waals surface area contributed by atoms with E-state index in [0.717, 1.165) is 25.9 Å². The monoisotopic (exact) mass is 200 g/mol. The van der Waals surface area contributed by atoms with E-state index in [1.165, 1.54) is 12.8 Å². The lowest BCUT2D eigenvalue weighted by Gasteiger charge is -2.52. The maximum atomic E-state index is 5.86. The highest BCUT2D eigenvalue weighted by Gasteiger charge is 2.46. The summed E-state index contributed by atoms with van der Waals surface area (Å²) in [4.78, 5) is 2.42. The summed E-state index contributed by atoms with van der Waals surface area (Å²) in [5.74, 6) is 0. The zero-order valence-electron chi connectivity index (χ0n) is 9.75. The summed E-state index contributed by atoms with van der Waals surface area (Å²) in [7, 11) is 3.98. The standard InChI is InChI=1S/C11H24N2O/c1-4-5-6-13(2)11(9-12)7-10(8-11)14-3/h10H,4-9,12H2,1-3H3. The van der Waals surface area contributed by atoms with E-state index in [0.29, 0.717) is 6.10 Å². The third-order valence-corrected chi connectivity index (χ3v) is 3.59. The number of rotatable bonds is 6. The Kier molecular flexibility index (Phi) is 4.35. The van der Waals surface area contributed by atoms with Gasteiger partial charge < -0.3 is 10.5 Å². The highest BCUT2D eigenvalue weighted by atomic mass is 16.5. The van der Waals surface area contributed by atoms with E-state index in [9.17, 15) is 0 Å². The maximum absolute atomic E-state index is 5.86. The van der Waals surface area contributed by atoms with Gasteiger partial charge in [0, 0.05) is 19.2 Å². The second-order valence-corrected chi connectivity index (χ2v) is 4.47. The molecule has 0 aliphatic heterocycles. The van der Waals surface area contributed by atoms with Gasteiger partial charge in [-0.05, 0) is 32.9 Å². The third-order valence-electron chi connectivity index (χ3n) is 3.59. The Hall–Kier alpha value is -0.120. The topological polar surface area (TPSA) is 38.5 Å². The van der Waals surface area contributed by atoms with Crippen LogP contribution < -0.4 is 5.73 Å². The first kappa shape index (κ1) is 12.0. The molecule has 1 aliphatic carbocycles. The molecule has 2 N–H and O–H groups in total. The molecule has 0 amide bonds. The molecular weight excluding hydrogens is 176 g/mol. The van der Waals surface area contributed by atoms with Crippen molar-refractivity contribution in [2.45, 2.75) is 44.2 Å². The van der Waals surface area contributed by atoms with E-state index in [1.807, 2.05) is 0 Å². The van der Waals surface area contributed by atoms with Crippen molar-refractivity contribution in [3.63, 3.8) is 0 Å². The summed E-state index contributed by atoms with van der Waals surface area (Å²) in [6, 6.07) is 0. The van der Waals surface area contributed by atoms with Crippen molar-refractivity contribution < 1.29 is 4.74 Å². The number of ether oxygens (including phenoxy) is 1. The molecule has 3 nitrogen and oxygen atoms in total. The Bertz CT molecular complexity index is 167. The highest BCUT2D eigenvalue weighted by molar-refractivity contribution is 5.03. The Morgan fingerprint density at radius 3 is 2.57 bits per heavy atom. The van der Waals surface area contributed by atoms with Crippen LogP contribution in [0.1, 0.15) is 32.6 Å². The average Bonchev–Trinajstić information content (AvgIpc) is 2.14. The molecule has 0 bridgehead atoms.